The van der Waals surface area contributed by atoms with E-state index in [2.05, 4.69) is 5.32 Å². The van der Waals surface area contributed by atoms with E-state index in [4.69, 9.17) is 5.73 Å². The topological polar surface area (TPSA) is 75.4 Å². The molecule has 0 radical (unpaired) electrons. The molecule has 0 aliphatic carbocycles. The van der Waals surface area contributed by atoms with Gasteiger partial charge in [-0.25, -0.2) is 0 Å². The van der Waals surface area contributed by atoms with Gasteiger partial charge in [-0.3, -0.25) is 9.59 Å². The lowest BCUT2D eigenvalue weighted by Gasteiger charge is -2.17. The van der Waals surface area contributed by atoms with Gasteiger partial charge in [0.1, 0.15) is 0 Å². The van der Waals surface area contributed by atoms with E-state index >= 15 is 0 Å². The molecule has 0 aliphatic rings. The van der Waals surface area contributed by atoms with Crippen LogP contribution in [0.2, 0.25) is 0 Å². The van der Waals surface area contributed by atoms with E-state index < -0.39 is 0 Å². The summed E-state index contributed by atoms with van der Waals surface area (Å²) in [7, 11) is 1.70. The number of rotatable bonds is 6. The molecule has 16 heavy (non-hydrogen) atoms. The summed E-state index contributed by atoms with van der Waals surface area (Å²) in [4.78, 5) is 24.3. The van der Waals surface area contributed by atoms with E-state index in [1.807, 2.05) is 20.8 Å². The van der Waals surface area contributed by atoms with Crippen LogP contribution < -0.4 is 11.1 Å². The molecule has 2 amide bonds. The minimum absolute atomic E-state index is 0.0496. The number of hydrogen-bond donors (Lipinski definition) is 2. The van der Waals surface area contributed by atoms with E-state index in [0.29, 0.717) is 6.54 Å². The van der Waals surface area contributed by atoms with Gasteiger partial charge in [0.15, 0.2) is 0 Å². The molecule has 3 N–H and O–H groups in total. The van der Waals surface area contributed by atoms with Gasteiger partial charge in [0.2, 0.25) is 11.8 Å². The summed E-state index contributed by atoms with van der Waals surface area (Å²) in [6, 6.07) is -0.154. The zero-order chi connectivity index (χ0) is 12.7. The maximum atomic E-state index is 11.4. The van der Waals surface area contributed by atoms with Crippen molar-refractivity contribution < 1.29 is 9.59 Å². The molecule has 0 saturated heterocycles. The Hall–Kier alpha value is -1.10. The summed E-state index contributed by atoms with van der Waals surface area (Å²) in [5.74, 6) is 0.00721. The Morgan fingerprint density at radius 2 is 1.94 bits per heavy atom. The van der Waals surface area contributed by atoms with Crippen molar-refractivity contribution in [3.63, 3.8) is 0 Å². The number of nitrogens with zero attached hydrogens (tertiary/aromatic N) is 1. The van der Waals surface area contributed by atoms with E-state index in [0.717, 1.165) is 0 Å². The first kappa shape index (κ1) is 14.9. The summed E-state index contributed by atoms with van der Waals surface area (Å²) in [6.45, 7) is 6.50. The average molecular weight is 229 g/mol. The summed E-state index contributed by atoms with van der Waals surface area (Å²) >= 11 is 0. The Balaban J connectivity index is 3.86. The van der Waals surface area contributed by atoms with Crippen LogP contribution in [0, 0.1) is 5.92 Å². The van der Waals surface area contributed by atoms with Crippen LogP contribution in [0.15, 0.2) is 0 Å². The van der Waals surface area contributed by atoms with Gasteiger partial charge < -0.3 is 16.0 Å². The first-order valence-corrected chi connectivity index (χ1v) is 5.64. The summed E-state index contributed by atoms with van der Waals surface area (Å²) in [6.07, 6.45) is 0.265. The maximum absolute atomic E-state index is 11.4. The standard InChI is InChI=1S/C11H23N3O2/c1-5-14(4)11(16)7-13-10(15)6-9(12)8(2)3/h8-9H,5-7,12H2,1-4H3,(H,13,15). The van der Waals surface area contributed by atoms with Gasteiger partial charge in [-0.15, -0.1) is 0 Å². The molecule has 0 spiro atoms. The molecule has 0 aromatic rings. The van der Waals surface area contributed by atoms with E-state index in [1.165, 1.54) is 0 Å². The van der Waals surface area contributed by atoms with Crippen LogP contribution in [0.25, 0.3) is 0 Å². The van der Waals surface area contributed by atoms with Crippen molar-refractivity contribution in [3.05, 3.63) is 0 Å². The molecular formula is C11H23N3O2. The Morgan fingerprint density at radius 3 is 2.38 bits per heavy atom. The first-order chi connectivity index (χ1) is 7.38. The number of carbonyl (C=O) groups is 2. The van der Waals surface area contributed by atoms with Gasteiger partial charge in [-0.2, -0.15) is 0 Å². The lowest BCUT2D eigenvalue weighted by molar-refractivity contribution is -0.131. The van der Waals surface area contributed by atoms with Crippen molar-refractivity contribution in [3.8, 4) is 0 Å². The van der Waals surface area contributed by atoms with Crippen molar-refractivity contribution in [1.82, 2.24) is 10.2 Å². The predicted molar refractivity (Wildman–Crippen MR) is 63.8 cm³/mol. The fourth-order valence-corrected chi connectivity index (χ4v) is 1.01. The molecule has 0 aromatic heterocycles. The summed E-state index contributed by atoms with van der Waals surface area (Å²) in [5.41, 5.74) is 5.75. The zero-order valence-electron chi connectivity index (χ0n) is 10.6. The number of hydrogen-bond acceptors (Lipinski definition) is 3. The minimum atomic E-state index is -0.168. The Bertz CT molecular complexity index is 241. The molecular weight excluding hydrogens is 206 g/mol. The highest BCUT2D eigenvalue weighted by atomic mass is 16.2. The van der Waals surface area contributed by atoms with Crippen LogP contribution in [0.1, 0.15) is 27.2 Å². The SMILES string of the molecule is CCN(C)C(=O)CNC(=O)CC(N)C(C)C. The third-order valence-electron chi connectivity index (χ3n) is 2.61. The number of nitrogens with two attached hydrogens (primary N) is 1. The van der Waals surface area contributed by atoms with Crippen molar-refractivity contribution in [2.45, 2.75) is 33.2 Å². The van der Waals surface area contributed by atoms with Gasteiger partial charge in [0.05, 0.1) is 6.54 Å². The number of amides is 2. The van der Waals surface area contributed by atoms with Crippen LogP contribution in [0.3, 0.4) is 0 Å². The maximum Gasteiger partial charge on any atom is 0.241 e. The first-order valence-electron chi connectivity index (χ1n) is 5.64. The third-order valence-corrected chi connectivity index (χ3v) is 2.61. The second-order valence-corrected chi connectivity index (χ2v) is 4.30. The second-order valence-electron chi connectivity index (χ2n) is 4.30. The largest absolute Gasteiger partial charge is 0.347 e. The monoisotopic (exact) mass is 229 g/mol. The Labute approximate surface area is 97.4 Å². The van der Waals surface area contributed by atoms with Crippen LogP contribution in [-0.2, 0) is 9.59 Å². The minimum Gasteiger partial charge on any atom is -0.347 e. The number of nitrogens with one attached hydrogen (secondary N) is 1. The van der Waals surface area contributed by atoms with E-state index in [-0.39, 0.29) is 36.7 Å². The molecule has 0 aromatic carbocycles. The average Bonchev–Trinajstić information content (AvgIpc) is 2.24. The van der Waals surface area contributed by atoms with Gasteiger partial charge in [-0.05, 0) is 12.8 Å². The van der Waals surface area contributed by atoms with Crippen molar-refractivity contribution in [2.24, 2.45) is 11.7 Å². The molecule has 0 aliphatic heterocycles. The van der Waals surface area contributed by atoms with Crippen molar-refractivity contribution in [2.75, 3.05) is 20.1 Å². The lowest BCUT2D eigenvalue weighted by atomic mass is 10.0. The van der Waals surface area contributed by atoms with Crippen LogP contribution in [-0.4, -0.2) is 42.9 Å². The normalized spacial score (nSPS) is 12.4. The van der Waals surface area contributed by atoms with Gasteiger partial charge in [0, 0.05) is 26.1 Å². The Morgan fingerprint density at radius 1 is 1.38 bits per heavy atom. The molecule has 94 valence electrons. The molecule has 0 bridgehead atoms. The number of carbonyl (C=O) groups excluding carboxylic acids is 2. The smallest absolute Gasteiger partial charge is 0.241 e. The highest BCUT2D eigenvalue weighted by Gasteiger charge is 2.14. The second kappa shape index (κ2) is 7.22. The molecule has 1 atom stereocenters. The van der Waals surface area contributed by atoms with Gasteiger partial charge in [0.25, 0.3) is 0 Å². The molecule has 0 heterocycles. The zero-order valence-corrected chi connectivity index (χ0v) is 10.6. The van der Waals surface area contributed by atoms with Crippen molar-refractivity contribution in [1.29, 1.82) is 0 Å². The fourth-order valence-electron chi connectivity index (χ4n) is 1.01. The molecule has 0 rings (SSSR count). The summed E-state index contributed by atoms with van der Waals surface area (Å²) < 4.78 is 0. The lowest BCUT2D eigenvalue weighted by Crippen LogP contribution is -2.40. The third kappa shape index (κ3) is 5.70. The molecule has 0 saturated carbocycles. The number of likely N-dealkylation sites (N-methyl/N-ethyl adjacent to an activating group) is 1. The molecule has 5 nitrogen and oxygen atoms in total. The van der Waals surface area contributed by atoms with Gasteiger partial charge in [-0.1, -0.05) is 13.8 Å². The van der Waals surface area contributed by atoms with E-state index in [9.17, 15) is 9.59 Å². The highest BCUT2D eigenvalue weighted by molar-refractivity contribution is 5.84. The van der Waals surface area contributed by atoms with Crippen LogP contribution in [0.5, 0.6) is 0 Å². The molecule has 5 heteroatoms. The molecule has 0 fully saturated rings. The fraction of sp³-hybridized carbons (Fsp3) is 0.818. The van der Waals surface area contributed by atoms with Crippen LogP contribution in [0.4, 0.5) is 0 Å². The van der Waals surface area contributed by atoms with E-state index in [1.54, 1.807) is 11.9 Å². The Kier molecular flexibility index (Phi) is 6.72. The summed E-state index contributed by atoms with van der Waals surface area (Å²) in [5, 5.41) is 2.57. The quantitative estimate of drug-likeness (QED) is 0.671. The van der Waals surface area contributed by atoms with Gasteiger partial charge >= 0.3 is 0 Å². The van der Waals surface area contributed by atoms with Crippen molar-refractivity contribution >= 4 is 11.8 Å². The highest BCUT2D eigenvalue weighted by Crippen LogP contribution is 2.02. The predicted octanol–water partition coefficient (Wildman–Crippen LogP) is -0.0457. The molecule has 1 unspecified atom stereocenters. The van der Waals surface area contributed by atoms with Crippen LogP contribution >= 0.6 is 0 Å².